The van der Waals surface area contributed by atoms with Crippen LogP contribution < -0.4 is 5.32 Å². The second-order valence-corrected chi connectivity index (χ2v) is 7.35. The maximum absolute atomic E-state index is 13.3. The number of morpholine rings is 1. The fraction of sp³-hybridized carbons (Fsp3) is 0.462. The first kappa shape index (κ1) is 15.3. The van der Waals surface area contributed by atoms with E-state index in [0.717, 1.165) is 16.4 Å². The highest BCUT2D eigenvalue weighted by atomic mass is 32.2. The van der Waals surface area contributed by atoms with Crippen molar-refractivity contribution in [3.8, 4) is 0 Å². The Morgan fingerprint density at radius 3 is 2.68 bits per heavy atom. The Morgan fingerprint density at radius 2 is 2.05 bits per heavy atom. The van der Waals surface area contributed by atoms with Gasteiger partial charge < -0.3 is 10.1 Å². The lowest BCUT2D eigenvalue weighted by molar-refractivity contribution is -0.141. The zero-order valence-corrected chi connectivity index (χ0v) is 12.3. The van der Waals surface area contributed by atoms with Crippen molar-refractivity contribution in [3.63, 3.8) is 0 Å². The van der Waals surface area contributed by atoms with Crippen LogP contribution in [0.5, 0.6) is 0 Å². The molecule has 9 heteroatoms. The third-order valence-corrected chi connectivity index (χ3v) is 5.77. The number of ether oxygens (including phenoxy) is 1. The van der Waals surface area contributed by atoms with Gasteiger partial charge in [-0.2, -0.15) is 4.31 Å². The number of rotatable bonds is 2. The fourth-order valence-electron chi connectivity index (χ4n) is 2.64. The molecule has 0 bridgehead atoms. The van der Waals surface area contributed by atoms with Crippen molar-refractivity contribution in [3.05, 3.63) is 29.8 Å². The Balaban J connectivity index is 1.82. The van der Waals surface area contributed by atoms with E-state index >= 15 is 0 Å². The lowest BCUT2D eigenvalue weighted by Crippen LogP contribution is -2.54. The van der Waals surface area contributed by atoms with Crippen LogP contribution in [0.2, 0.25) is 0 Å². The number of benzene rings is 1. The van der Waals surface area contributed by atoms with Crippen molar-refractivity contribution in [2.45, 2.75) is 16.9 Å². The first-order chi connectivity index (χ1) is 10.3. The summed E-state index contributed by atoms with van der Waals surface area (Å²) >= 11 is 0. The predicted octanol–water partition coefficient (Wildman–Crippen LogP) is 0.244. The van der Waals surface area contributed by atoms with Gasteiger partial charge in [-0.15, -0.1) is 0 Å². The molecule has 120 valence electrons. The van der Waals surface area contributed by atoms with E-state index in [1.54, 1.807) is 0 Å². The minimum absolute atomic E-state index is 0.0641. The molecule has 2 fully saturated rings. The molecule has 0 aromatic heterocycles. The molecule has 2 heterocycles. The van der Waals surface area contributed by atoms with Gasteiger partial charge in [0.2, 0.25) is 15.9 Å². The zero-order chi connectivity index (χ0) is 16.0. The number of hydrogen-bond donors (Lipinski definition) is 1. The Labute approximate surface area is 126 Å². The number of sulfonamides is 1. The summed E-state index contributed by atoms with van der Waals surface area (Å²) in [4.78, 5) is 10.8. The van der Waals surface area contributed by atoms with E-state index in [-0.39, 0.29) is 37.0 Å². The maximum atomic E-state index is 13.3. The molecule has 3 rings (SSSR count). The van der Waals surface area contributed by atoms with Gasteiger partial charge in [0.15, 0.2) is 11.6 Å². The monoisotopic (exact) mass is 332 g/mol. The zero-order valence-electron chi connectivity index (χ0n) is 11.5. The Bertz CT molecular complexity index is 713. The van der Waals surface area contributed by atoms with Crippen LogP contribution >= 0.6 is 0 Å². The molecule has 22 heavy (non-hydrogen) atoms. The first-order valence-electron chi connectivity index (χ1n) is 6.68. The second kappa shape index (κ2) is 5.25. The standard InChI is InChI=1S/C13H14F2N2O4S/c14-10-2-1-9(5-11(10)15)22(19,20)17-4-3-13(8-17)7-16-12(18)6-21-13/h1-2,5H,3-4,6-8H2,(H,16,18). The van der Waals surface area contributed by atoms with E-state index in [2.05, 4.69) is 5.32 Å². The minimum atomic E-state index is -3.93. The van der Waals surface area contributed by atoms with Crippen LogP contribution in [0.4, 0.5) is 8.78 Å². The molecule has 1 N–H and O–H groups in total. The molecule has 2 aliphatic rings. The molecule has 0 saturated carbocycles. The van der Waals surface area contributed by atoms with E-state index in [4.69, 9.17) is 4.74 Å². The summed E-state index contributed by atoms with van der Waals surface area (Å²) in [6, 6.07) is 2.48. The lowest BCUT2D eigenvalue weighted by Gasteiger charge is -2.33. The molecule has 6 nitrogen and oxygen atoms in total. The van der Waals surface area contributed by atoms with Gasteiger partial charge in [-0.1, -0.05) is 0 Å². The Morgan fingerprint density at radius 1 is 1.27 bits per heavy atom. The van der Waals surface area contributed by atoms with Crippen LogP contribution in [-0.2, 0) is 19.6 Å². The SMILES string of the molecule is O=C1COC2(CCN(S(=O)(=O)c3ccc(F)c(F)c3)C2)CN1. The average Bonchev–Trinajstić information content (AvgIpc) is 2.90. The number of carbonyl (C=O) groups is 1. The van der Waals surface area contributed by atoms with Gasteiger partial charge in [-0.25, -0.2) is 17.2 Å². The largest absolute Gasteiger partial charge is 0.362 e. The number of nitrogens with zero attached hydrogens (tertiary/aromatic N) is 1. The van der Waals surface area contributed by atoms with Crippen LogP contribution in [0.25, 0.3) is 0 Å². The predicted molar refractivity (Wildman–Crippen MR) is 71.4 cm³/mol. The summed E-state index contributed by atoms with van der Waals surface area (Å²) in [7, 11) is -3.93. The summed E-state index contributed by atoms with van der Waals surface area (Å²) in [6.07, 6.45) is 0.427. The van der Waals surface area contributed by atoms with E-state index < -0.39 is 27.3 Å². The van der Waals surface area contributed by atoms with Crippen LogP contribution in [0.1, 0.15) is 6.42 Å². The second-order valence-electron chi connectivity index (χ2n) is 5.41. The van der Waals surface area contributed by atoms with Gasteiger partial charge in [0.05, 0.1) is 4.90 Å². The van der Waals surface area contributed by atoms with E-state index in [1.165, 1.54) is 0 Å². The maximum Gasteiger partial charge on any atom is 0.246 e. The fourth-order valence-corrected chi connectivity index (χ4v) is 4.17. The highest BCUT2D eigenvalue weighted by Crippen LogP contribution is 2.31. The molecule has 1 amide bonds. The first-order valence-corrected chi connectivity index (χ1v) is 8.12. The molecule has 1 spiro atoms. The molecule has 1 aromatic carbocycles. The highest BCUT2D eigenvalue weighted by molar-refractivity contribution is 7.89. The smallest absolute Gasteiger partial charge is 0.246 e. The normalized spacial score (nSPS) is 26.4. The number of amides is 1. The van der Waals surface area contributed by atoms with Crippen LogP contribution in [0.15, 0.2) is 23.1 Å². The van der Waals surface area contributed by atoms with Gasteiger partial charge in [0.1, 0.15) is 12.2 Å². The summed E-state index contributed by atoms with van der Waals surface area (Å²) in [6.45, 7) is 0.376. The Hall–Kier alpha value is -1.58. The molecule has 1 unspecified atom stereocenters. The van der Waals surface area contributed by atoms with Crippen molar-refractivity contribution < 1.29 is 26.7 Å². The summed E-state index contributed by atoms with van der Waals surface area (Å²) in [5.74, 6) is -2.56. The summed E-state index contributed by atoms with van der Waals surface area (Å²) in [5.41, 5.74) is -0.750. The molecule has 2 aliphatic heterocycles. The molecule has 1 aromatic rings. The third-order valence-electron chi connectivity index (χ3n) is 3.93. The number of carbonyl (C=O) groups excluding carboxylic acids is 1. The van der Waals surface area contributed by atoms with E-state index in [1.807, 2.05) is 0 Å². The van der Waals surface area contributed by atoms with Crippen molar-refractivity contribution in [1.29, 1.82) is 0 Å². The van der Waals surface area contributed by atoms with Crippen molar-refractivity contribution in [2.75, 3.05) is 26.2 Å². The van der Waals surface area contributed by atoms with Crippen molar-refractivity contribution >= 4 is 15.9 Å². The topological polar surface area (TPSA) is 75.7 Å². The molecular formula is C13H14F2N2O4S. The number of hydrogen-bond acceptors (Lipinski definition) is 4. The Kier molecular flexibility index (Phi) is 3.66. The van der Waals surface area contributed by atoms with Gasteiger partial charge in [-0.05, 0) is 24.6 Å². The molecule has 2 saturated heterocycles. The van der Waals surface area contributed by atoms with E-state index in [0.29, 0.717) is 12.5 Å². The summed E-state index contributed by atoms with van der Waals surface area (Å²) in [5, 5.41) is 2.65. The van der Waals surface area contributed by atoms with Crippen LogP contribution in [0.3, 0.4) is 0 Å². The van der Waals surface area contributed by atoms with Crippen LogP contribution in [0, 0.1) is 11.6 Å². The highest BCUT2D eigenvalue weighted by Gasteiger charge is 2.46. The molecular weight excluding hydrogens is 318 g/mol. The number of nitrogens with one attached hydrogen (secondary N) is 1. The van der Waals surface area contributed by atoms with Gasteiger partial charge in [-0.3, -0.25) is 4.79 Å². The minimum Gasteiger partial charge on any atom is -0.362 e. The number of halogens is 2. The molecule has 0 radical (unpaired) electrons. The van der Waals surface area contributed by atoms with Gasteiger partial charge in [0.25, 0.3) is 0 Å². The molecule has 0 aliphatic carbocycles. The average molecular weight is 332 g/mol. The third kappa shape index (κ3) is 2.59. The van der Waals surface area contributed by atoms with Crippen LogP contribution in [-0.4, -0.2) is 50.5 Å². The van der Waals surface area contributed by atoms with Gasteiger partial charge >= 0.3 is 0 Å². The lowest BCUT2D eigenvalue weighted by atomic mass is 10.0. The molecule has 1 atom stereocenters. The van der Waals surface area contributed by atoms with Gasteiger partial charge in [0, 0.05) is 19.6 Å². The summed E-state index contributed by atoms with van der Waals surface area (Å²) < 4.78 is 57.8. The van der Waals surface area contributed by atoms with Crippen molar-refractivity contribution in [2.24, 2.45) is 0 Å². The quantitative estimate of drug-likeness (QED) is 0.842. The van der Waals surface area contributed by atoms with Crippen molar-refractivity contribution in [1.82, 2.24) is 9.62 Å². The van der Waals surface area contributed by atoms with E-state index in [9.17, 15) is 22.0 Å².